The predicted octanol–water partition coefficient (Wildman–Crippen LogP) is 3.52. The summed E-state index contributed by atoms with van der Waals surface area (Å²) < 4.78 is 32.2. The second kappa shape index (κ2) is 14.0. The van der Waals surface area contributed by atoms with Crippen molar-refractivity contribution in [1.82, 2.24) is 14.5 Å². The number of esters is 1. The van der Waals surface area contributed by atoms with Gasteiger partial charge in [0, 0.05) is 19.7 Å². The number of alkyl halides is 1. The lowest BCUT2D eigenvalue weighted by atomic mass is 9.92. The molecule has 0 bridgehead atoms. The number of carboxylic acid groups (broad SMARTS) is 2. The van der Waals surface area contributed by atoms with E-state index < -0.39 is 55.0 Å². The minimum Gasteiger partial charge on any atom is -0.479 e. The standard InChI is InChI=1S/C30H30ClFN4O9/c1-3-44-26(38)19-7-5-4-6-18(19)17-10-8-16(9-11-17)14-30(27(39)40,28(41)42)45-15-21(43-2)22(37)23(32)36-13-12-20-24(33)34-29(31)35-25(20)36/h4-13,21-23,37H,3,14-15H2,1-2H3,(H,39,40)(H,41,42)(H2,33,34,35)/t21-,22-,23-/m1/s1. The molecule has 2 aromatic carbocycles. The van der Waals surface area contributed by atoms with E-state index in [1.165, 1.54) is 24.4 Å². The number of carbonyl (C=O) groups is 3. The molecule has 238 valence electrons. The van der Waals surface area contributed by atoms with Crippen LogP contribution < -0.4 is 5.73 Å². The maximum Gasteiger partial charge on any atom is 0.348 e. The van der Waals surface area contributed by atoms with Crippen LogP contribution in [-0.4, -0.2) is 85.9 Å². The van der Waals surface area contributed by atoms with E-state index in [0.717, 1.165) is 11.7 Å². The number of aliphatic hydroxyl groups is 1. The van der Waals surface area contributed by atoms with Gasteiger partial charge >= 0.3 is 17.9 Å². The number of methoxy groups -OCH3 is 1. The molecule has 5 N–H and O–H groups in total. The van der Waals surface area contributed by atoms with Crippen LogP contribution in [0.25, 0.3) is 22.2 Å². The Morgan fingerprint density at radius 1 is 1.07 bits per heavy atom. The summed E-state index contributed by atoms with van der Waals surface area (Å²) in [4.78, 5) is 44.9. The minimum atomic E-state index is -2.83. The molecule has 13 nitrogen and oxygen atoms in total. The van der Waals surface area contributed by atoms with E-state index >= 15 is 4.39 Å². The van der Waals surface area contributed by atoms with Gasteiger partial charge in [0.25, 0.3) is 5.60 Å². The Kier molecular flexibility index (Phi) is 10.3. The Morgan fingerprint density at radius 3 is 2.36 bits per heavy atom. The number of aliphatic carboxylic acids is 2. The fourth-order valence-electron chi connectivity index (χ4n) is 4.73. The van der Waals surface area contributed by atoms with Crippen molar-refractivity contribution in [2.24, 2.45) is 0 Å². The first-order valence-electron chi connectivity index (χ1n) is 13.5. The van der Waals surface area contributed by atoms with Crippen molar-refractivity contribution in [2.75, 3.05) is 26.1 Å². The molecular formula is C30H30ClFN4O9. The lowest BCUT2D eigenvalue weighted by molar-refractivity contribution is -0.192. The largest absolute Gasteiger partial charge is 0.479 e. The van der Waals surface area contributed by atoms with Crippen molar-refractivity contribution in [2.45, 2.75) is 37.4 Å². The number of nitrogens with two attached hydrogens (primary N) is 1. The van der Waals surface area contributed by atoms with E-state index in [-0.39, 0.29) is 34.3 Å². The maximum atomic E-state index is 15.5. The van der Waals surface area contributed by atoms with E-state index in [9.17, 15) is 29.7 Å². The number of rotatable bonds is 14. The Labute approximate surface area is 260 Å². The molecule has 0 unspecified atom stereocenters. The number of ether oxygens (including phenoxy) is 3. The van der Waals surface area contributed by atoms with Crippen LogP contribution in [0, 0.1) is 0 Å². The van der Waals surface area contributed by atoms with E-state index in [1.54, 1.807) is 43.3 Å². The van der Waals surface area contributed by atoms with Crippen LogP contribution >= 0.6 is 11.6 Å². The Hall–Kier alpha value is -4.63. The van der Waals surface area contributed by atoms with Gasteiger partial charge in [-0.25, -0.2) is 23.8 Å². The first kappa shape index (κ1) is 33.3. The summed E-state index contributed by atoms with van der Waals surface area (Å²) >= 11 is 5.85. The highest BCUT2D eigenvalue weighted by atomic mass is 35.5. The highest BCUT2D eigenvalue weighted by molar-refractivity contribution is 6.28. The third-order valence-electron chi connectivity index (χ3n) is 7.13. The maximum absolute atomic E-state index is 15.5. The average Bonchev–Trinajstić information content (AvgIpc) is 3.44. The van der Waals surface area contributed by atoms with E-state index in [0.29, 0.717) is 16.7 Å². The van der Waals surface area contributed by atoms with E-state index in [1.807, 2.05) is 0 Å². The summed E-state index contributed by atoms with van der Waals surface area (Å²) in [6.45, 7) is 1.05. The minimum absolute atomic E-state index is 0.0130. The number of fused-ring (bicyclic) bond motifs is 1. The zero-order valence-corrected chi connectivity index (χ0v) is 24.8. The molecule has 0 aliphatic carbocycles. The SMILES string of the molecule is CCOC(=O)c1ccccc1-c1ccc(CC(OC[C@@H](OC)[C@@H](O)[C@H](F)n2ccc3c(N)nc(Cl)nc32)(C(=O)O)C(=O)O)cc1. The van der Waals surface area contributed by atoms with Gasteiger partial charge in [0.1, 0.15) is 23.7 Å². The van der Waals surface area contributed by atoms with E-state index in [4.69, 9.17) is 31.5 Å². The van der Waals surface area contributed by atoms with Gasteiger partial charge in [-0.3, -0.25) is 4.57 Å². The van der Waals surface area contributed by atoms with Gasteiger partial charge in [0.2, 0.25) is 11.6 Å². The number of aliphatic hydroxyl groups excluding tert-OH is 1. The Morgan fingerprint density at radius 2 is 1.73 bits per heavy atom. The number of aromatic nitrogens is 3. The number of anilines is 1. The van der Waals surface area contributed by atoms with Gasteiger partial charge in [0.05, 0.1) is 24.2 Å². The van der Waals surface area contributed by atoms with Crippen LogP contribution in [-0.2, 0) is 30.2 Å². The van der Waals surface area contributed by atoms with Crippen LogP contribution in [0.5, 0.6) is 0 Å². The topological polar surface area (TPSA) is 196 Å². The van der Waals surface area contributed by atoms with Crippen molar-refractivity contribution in [1.29, 1.82) is 0 Å². The molecule has 0 aliphatic rings. The molecule has 2 heterocycles. The monoisotopic (exact) mass is 644 g/mol. The molecule has 0 saturated carbocycles. The summed E-state index contributed by atoms with van der Waals surface area (Å²) in [5.41, 5.74) is 4.71. The van der Waals surface area contributed by atoms with Crippen LogP contribution in [0.4, 0.5) is 10.2 Å². The Bertz CT molecular complexity index is 1680. The highest BCUT2D eigenvalue weighted by Gasteiger charge is 2.49. The van der Waals surface area contributed by atoms with Crippen molar-refractivity contribution >= 4 is 46.4 Å². The number of hydrogen-bond acceptors (Lipinski definition) is 10. The third kappa shape index (κ3) is 6.88. The second-order valence-corrected chi connectivity index (χ2v) is 10.2. The number of nitrogen functional groups attached to an aromatic ring is 1. The summed E-state index contributed by atoms with van der Waals surface area (Å²) in [7, 11) is 1.12. The second-order valence-electron chi connectivity index (χ2n) is 9.86. The van der Waals surface area contributed by atoms with Gasteiger partial charge in [-0.1, -0.05) is 42.5 Å². The zero-order chi connectivity index (χ0) is 32.9. The number of carboxylic acids is 2. The lowest BCUT2D eigenvalue weighted by Gasteiger charge is -2.30. The van der Waals surface area contributed by atoms with Gasteiger partial charge in [0.15, 0.2) is 0 Å². The van der Waals surface area contributed by atoms with E-state index in [2.05, 4.69) is 9.97 Å². The van der Waals surface area contributed by atoms with Crippen LogP contribution in [0.15, 0.2) is 60.8 Å². The zero-order valence-electron chi connectivity index (χ0n) is 24.1. The fourth-order valence-corrected chi connectivity index (χ4v) is 4.90. The number of benzene rings is 2. The first-order valence-corrected chi connectivity index (χ1v) is 13.9. The molecule has 3 atom stereocenters. The predicted molar refractivity (Wildman–Crippen MR) is 159 cm³/mol. The molecule has 0 spiro atoms. The van der Waals surface area contributed by atoms with Gasteiger partial charge in [-0.2, -0.15) is 4.98 Å². The van der Waals surface area contributed by atoms with Gasteiger partial charge < -0.3 is 35.3 Å². The molecule has 0 aliphatic heterocycles. The Balaban J connectivity index is 1.55. The first-order chi connectivity index (χ1) is 21.4. The summed E-state index contributed by atoms with van der Waals surface area (Å²) in [5, 5.41) is 30.9. The van der Waals surface area contributed by atoms with Crippen LogP contribution in [0.1, 0.15) is 29.1 Å². The fraction of sp³-hybridized carbons (Fsp3) is 0.300. The molecule has 45 heavy (non-hydrogen) atoms. The third-order valence-corrected chi connectivity index (χ3v) is 7.30. The van der Waals surface area contributed by atoms with Gasteiger partial charge in [-0.05, 0) is 47.3 Å². The highest BCUT2D eigenvalue weighted by Crippen LogP contribution is 2.30. The number of nitrogens with zero attached hydrogens (tertiary/aromatic N) is 3. The molecule has 0 radical (unpaired) electrons. The molecule has 4 aromatic rings. The number of halogens is 2. The average molecular weight is 645 g/mol. The summed E-state index contributed by atoms with van der Waals surface area (Å²) in [5.74, 6) is -4.18. The molecule has 15 heteroatoms. The van der Waals surface area contributed by atoms with Gasteiger partial charge in [-0.15, -0.1) is 0 Å². The van der Waals surface area contributed by atoms with Crippen molar-refractivity contribution in [3.05, 3.63) is 77.2 Å². The number of carbonyl (C=O) groups excluding carboxylic acids is 1. The smallest absolute Gasteiger partial charge is 0.348 e. The van der Waals surface area contributed by atoms with Crippen molar-refractivity contribution < 1.29 is 48.3 Å². The lowest BCUT2D eigenvalue weighted by Crippen LogP contribution is -2.53. The van der Waals surface area contributed by atoms with Crippen molar-refractivity contribution in [3.63, 3.8) is 0 Å². The molecule has 4 rings (SSSR count). The molecule has 0 amide bonds. The molecule has 2 aromatic heterocycles. The normalized spacial score (nSPS) is 13.7. The van der Waals surface area contributed by atoms with Crippen LogP contribution in [0.2, 0.25) is 5.28 Å². The van der Waals surface area contributed by atoms with Crippen molar-refractivity contribution in [3.8, 4) is 11.1 Å². The van der Waals surface area contributed by atoms with Crippen LogP contribution in [0.3, 0.4) is 0 Å². The molecule has 0 saturated heterocycles. The quantitative estimate of drug-likeness (QED) is 0.0887. The summed E-state index contributed by atoms with van der Waals surface area (Å²) in [6.07, 6.45) is -5.09. The molecule has 0 fully saturated rings. The summed E-state index contributed by atoms with van der Waals surface area (Å²) in [6, 6.07) is 14.3. The molecular weight excluding hydrogens is 615 g/mol. The number of hydrogen-bond donors (Lipinski definition) is 4.